The van der Waals surface area contributed by atoms with Crippen LogP contribution in [0.4, 0.5) is 0 Å². The van der Waals surface area contributed by atoms with Crippen molar-refractivity contribution in [3.63, 3.8) is 0 Å². The number of hydrogen-bond donors (Lipinski definition) is 5. The Morgan fingerprint density at radius 3 is 2.56 bits per heavy atom. The lowest BCUT2D eigenvalue weighted by atomic mass is 10.0. The molecule has 0 saturated heterocycles. The molecule has 1 aliphatic rings. The van der Waals surface area contributed by atoms with E-state index < -0.39 is 42.0 Å². The fraction of sp³-hybridized carbons (Fsp3) is 0.667. The number of carbonyl (C=O) groups is 4. The van der Waals surface area contributed by atoms with E-state index in [1.165, 1.54) is 20.1 Å². The normalized spacial score (nSPS) is 24.3. The molecule has 0 saturated carbocycles. The first kappa shape index (κ1) is 25.3. The smallest absolute Gasteiger partial charge is 0.273 e. The number of aliphatic hydroxyl groups excluding tert-OH is 1. The molecule has 11 heteroatoms. The van der Waals surface area contributed by atoms with E-state index in [9.17, 15) is 24.3 Å². The number of fused-ring (bicyclic) bond motifs is 2. The third kappa shape index (κ3) is 7.33. The Hall–Kier alpha value is -2.95. The van der Waals surface area contributed by atoms with Gasteiger partial charge in [0, 0.05) is 13.5 Å². The number of rotatable bonds is 4. The van der Waals surface area contributed by atoms with Gasteiger partial charge in [-0.2, -0.15) is 0 Å². The molecule has 4 atom stereocenters. The molecular formula is C21H33N5O6. The molecule has 2 bridgehead atoms. The predicted octanol–water partition coefficient (Wildman–Crippen LogP) is 0.162. The molecule has 0 unspecified atom stereocenters. The Morgan fingerprint density at radius 2 is 1.94 bits per heavy atom. The van der Waals surface area contributed by atoms with Gasteiger partial charge in [0.1, 0.15) is 24.4 Å². The van der Waals surface area contributed by atoms with Crippen molar-refractivity contribution in [3.8, 4) is 0 Å². The van der Waals surface area contributed by atoms with Crippen LogP contribution in [0.25, 0.3) is 0 Å². The van der Waals surface area contributed by atoms with E-state index >= 15 is 0 Å². The van der Waals surface area contributed by atoms with Gasteiger partial charge >= 0.3 is 0 Å². The van der Waals surface area contributed by atoms with Crippen LogP contribution in [-0.4, -0.2) is 58.5 Å². The van der Waals surface area contributed by atoms with Crippen LogP contribution in [0.2, 0.25) is 0 Å². The Balaban J connectivity index is 2.34. The number of nitrogens with zero attached hydrogens (tertiary/aromatic N) is 1. The molecule has 1 aliphatic heterocycles. The standard InChI is InChI=1S/C21H33N5O6/c1-11(2)9-15-21-25-16(10-32-21)18(29)22-8-6-5-7-14(23-13(4)28)19(30)26-17(12(3)27)20(31)24-15/h10-12,14-15,17,27H,5-9H2,1-4H3,(H,22,29)(H,23,28)(H,24,31)(H,26,30)/t12-,14+,15+,17+/m1/s1. The molecule has 1 aromatic rings. The van der Waals surface area contributed by atoms with Crippen LogP contribution in [-0.2, 0) is 14.4 Å². The summed E-state index contributed by atoms with van der Waals surface area (Å²) in [4.78, 5) is 53.9. The highest BCUT2D eigenvalue weighted by Crippen LogP contribution is 2.21. The second-order valence-electron chi connectivity index (χ2n) is 8.49. The summed E-state index contributed by atoms with van der Waals surface area (Å²) in [7, 11) is 0. The Kier molecular flexibility index (Phi) is 9.18. The summed E-state index contributed by atoms with van der Waals surface area (Å²) in [5.41, 5.74) is 0.103. The molecule has 0 radical (unpaired) electrons. The fourth-order valence-electron chi connectivity index (χ4n) is 3.45. The average molecular weight is 452 g/mol. The van der Waals surface area contributed by atoms with Gasteiger partial charge in [0.05, 0.1) is 6.10 Å². The summed E-state index contributed by atoms with van der Waals surface area (Å²) in [6, 6.07) is -2.79. The van der Waals surface area contributed by atoms with Crippen molar-refractivity contribution in [1.29, 1.82) is 0 Å². The summed E-state index contributed by atoms with van der Waals surface area (Å²) in [6.45, 7) is 6.95. The molecule has 0 aliphatic carbocycles. The molecule has 178 valence electrons. The van der Waals surface area contributed by atoms with Crippen molar-refractivity contribution in [3.05, 3.63) is 17.8 Å². The van der Waals surface area contributed by atoms with Gasteiger partial charge in [0.25, 0.3) is 5.91 Å². The van der Waals surface area contributed by atoms with Crippen LogP contribution >= 0.6 is 0 Å². The van der Waals surface area contributed by atoms with Crippen LogP contribution in [0.1, 0.15) is 75.8 Å². The van der Waals surface area contributed by atoms with Gasteiger partial charge < -0.3 is 30.8 Å². The van der Waals surface area contributed by atoms with Crippen molar-refractivity contribution in [2.45, 2.75) is 77.6 Å². The van der Waals surface area contributed by atoms with E-state index in [1.54, 1.807) is 0 Å². The lowest BCUT2D eigenvalue weighted by molar-refractivity contribution is -0.134. The predicted molar refractivity (Wildman–Crippen MR) is 114 cm³/mol. The zero-order valence-corrected chi connectivity index (χ0v) is 18.9. The third-order valence-corrected chi connectivity index (χ3v) is 5.04. The first-order valence-corrected chi connectivity index (χ1v) is 10.9. The molecule has 2 heterocycles. The summed E-state index contributed by atoms with van der Waals surface area (Å²) in [6.07, 6.45) is 1.91. The van der Waals surface area contributed by atoms with Crippen LogP contribution in [0.3, 0.4) is 0 Å². The van der Waals surface area contributed by atoms with Gasteiger partial charge in [-0.25, -0.2) is 4.98 Å². The first-order valence-electron chi connectivity index (χ1n) is 10.9. The SMILES string of the molecule is CC(=O)N[C@H]1CCCCNC(=O)c2coc(n2)[C@H](CC(C)C)NC(=O)[C@H]([C@@H](C)O)NC1=O. The molecule has 2 rings (SSSR count). The van der Waals surface area contributed by atoms with Crippen molar-refractivity contribution in [2.24, 2.45) is 5.92 Å². The fourth-order valence-corrected chi connectivity index (χ4v) is 3.45. The van der Waals surface area contributed by atoms with Gasteiger partial charge in [-0.1, -0.05) is 13.8 Å². The average Bonchev–Trinajstić information content (AvgIpc) is 3.18. The topological polar surface area (TPSA) is 163 Å². The van der Waals surface area contributed by atoms with E-state index in [0.29, 0.717) is 32.2 Å². The third-order valence-electron chi connectivity index (χ3n) is 5.04. The molecule has 0 spiro atoms. The summed E-state index contributed by atoms with van der Waals surface area (Å²) >= 11 is 0. The lowest BCUT2D eigenvalue weighted by Crippen LogP contribution is -2.57. The minimum atomic E-state index is -1.25. The van der Waals surface area contributed by atoms with E-state index in [2.05, 4.69) is 26.3 Å². The first-order chi connectivity index (χ1) is 15.1. The summed E-state index contributed by atoms with van der Waals surface area (Å²) in [5, 5.41) is 20.8. The van der Waals surface area contributed by atoms with Crippen molar-refractivity contribution >= 4 is 23.6 Å². The van der Waals surface area contributed by atoms with Crippen molar-refractivity contribution in [1.82, 2.24) is 26.3 Å². The molecule has 0 fully saturated rings. The molecule has 11 nitrogen and oxygen atoms in total. The second kappa shape index (κ2) is 11.6. The van der Waals surface area contributed by atoms with Crippen LogP contribution in [0, 0.1) is 5.92 Å². The molecule has 1 aromatic heterocycles. The maximum atomic E-state index is 13.0. The zero-order chi connectivity index (χ0) is 23.8. The number of carbonyl (C=O) groups excluding carboxylic acids is 4. The van der Waals surface area contributed by atoms with Crippen LogP contribution < -0.4 is 21.3 Å². The number of aliphatic hydroxyl groups is 1. The Morgan fingerprint density at radius 1 is 1.22 bits per heavy atom. The van der Waals surface area contributed by atoms with Crippen LogP contribution in [0.15, 0.2) is 10.7 Å². The number of oxazole rings is 1. The maximum absolute atomic E-state index is 13.0. The minimum Gasteiger partial charge on any atom is -0.446 e. The number of hydrogen-bond acceptors (Lipinski definition) is 7. The van der Waals surface area contributed by atoms with Gasteiger partial charge in [-0.3, -0.25) is 19.2 Å². The van der Waals surface area contributed by atoms with Gasteiger partial charge in [-0.05, 0) is 38.5 Å². The molecule has 4 amide bonds. The Labute approximate surface area is 187 Å². The second-order valence-corrected chi connectivity index (χ2v) is 8.49. The van der Waals surface area contributed by atoms with Gasteiger partial charge in [0.15, 0.2) is 5.69 Å². The lowest BCUT2D eigenvalue weighted by Gasteiger charge is -2.26. The minimum absolute atomic E-state index is 0.103. The number of amides is 4. The van der Waals surface area contributed by atoms with E-state index in [-0.39, 0.29) is 23.4 Å². The molecule has 32 heavy (non-hydrogen) atoms. The number of nitrogens with one attached hydrogen (secondary N) is 4. The van der Waals surface area contributed by atoms with E-state index in [1.807, 2.05) is 13.8 Å². The van der Waals surface area contributed by atoms with Crippen molar-refractivity contribution < 1.29 is 28.7 Å². The highest BCUT2D eigenvalue weighted by Gasteiger charge is 2.32. The molecule has 5 N–H and O–H groups in total. The zero-order valence-electron chi connectivity index (χ0n) is 18.9. The maximum Gasteiger partial charge on any atom is 0.273 e. The van der Waals surface area contributed by atoms with E-state index in [4.69, 9.17) is 4.42 Å². The van der Waals surface area contributed by atoms with E-state index in [0.717, 1.165) is 0 Å². The quantitative estimate of drug-likeness (QED) is 0.435. The monoisotopic (exact) mass is 451 g/mol. The summed E-state index contributed by atoms with van der Waals surface area (Å²) < 4.78 is 5.47. The Bertz CT molecular complexity index is 821. The van der Waals surface area contributed by atoms with Crippen molar-refractivity contribution in [2.75, 3.05) is 6.54 Å². The largest absolute Gasteiger partial charge is 0.446 e. The highest BCUT2D eigenvalue weighted by molar-refractivity contribution is 5.93. The van der Waals surface area contributed by atoms with Crippen LogP contribution in [0.5, 0.6) is 0 Å². The molecular weight excluding hydrogens is 418 g/mol. The summed E-state index contributed by atoms with van der Waals surface area (Å²) in [5.74, 6) is -1.68. The molecule has 0 aromatic carbocycles. The highest BCUT2D eigenvalue weighted by atomic mass is 16.3. The van der Waals surface area contributed by atoms with Gasteiger partial charge in [0.2, 0.25) is 23.6 Å². The van der Waals surface area contributed by atoms with Gasteiger partial charge in [-0.15, -0.1) is 0 Å². The number of aromatic nitrogens is 1.